The summed E-state index contributed by atoms with van der Waals surface area (Å²) in [6.45, 7) is 2.33. The van der Waals surface area contributed by atoms with Crippen molar-refractivity contribution in [1.29, 1.82) is 0 Å². The van der Waals surface area contributed by atoms with Crippen molar-refractivity contribution in [3.63, 3.8) is 0 Å². The number of hydrogen-bond acceptors (Lipinski definition) is 4. The van der Waals surface area contributed by atoms with Crippen LogP contribution in [0.3, 0.4) is 0 Å². The van der Waals surface area contributed by atoms with E-state index in [1.807, 2.05) is 0 Å². The number of amides is 2. The largest absolute Gasteiger partial charge is 0.356 e. The van der Waals surface area contributed by atoms with Crippen molar-refractivity contribution in [2.24, 2.45) is 11.8 Å². The second kappa shape index (κ2) is 7.73. The molecule has 1 saturated carbocycles. The molecule has 1 aromatic carbocycles. The Morgan fingerprint density at radius 3 is 2.43 bits per heavy atom. The number of likely N-dealkylation sites (tertiary alicyclic amines) is 1. The molecule has 8 heteroatoms. The average molecular weight is 406 g/mol. The fourth-order valence-corrected chi connectivity index (χ4v) is 5.53. The maximum absolute atomic E-state index is 12.9. The highest BCUT2D eigenvalue weighted by Crippen LogP contribution is 2.28. The third-order valence-corrected chi connectivity index (χ3v) is 7.71. The predicted molar refractivity (Wildman–Crippen MR) is 107 cm³/mol. The van der Waals surface area contributed by atoms with Crippen LogP contribution in [0.2, 0.25) is 0 Å². The second-order valence-electron chi connectivity index (χ2n) is 8.07. The van der Waals surface area contributed by atoms with Gasteiger partial charge in [0.1, 0.15) is 0 Å². The van der Waals surface area contributed by atoms with E-state index in [2.05, 4.69) is 5.32 Å². The first-order valence-corrected chi connectivity index (χ1v) is 11.7. The molecule has 2 saturated heterocycles. The maximum atomic E-state index is 12.9. The van der Waals surface area contributed by atoms with Gasteiger partial charge >= 0.3 is 0 Å². The molecule has 3 fully saturated rings. The molecule has 0 aromatic heterocycles. The number of piperidine rings is 1. The molecule has 4 rings (SSSR count). The van der Waals surface area contributed by atoms with Gasteiger partial charge in [0.05, 0.1) is 17.4 Å². The first kappa shape index (κ1) is 19.2. The minimum Gasteiger partial charge on any atom is -0.356 e. The fourth-order valence-electron chi connectivity index (χ4n) is 3.97. The molecule has 3 aliphatic rings. The third-order valence-electron chi connectivity index (χ3n) is 5.84. The minimum absolute atomic E-state index is 0.0546. The Morgan fingerprint density at radius 2 is 1.79 bits per heavy atom. The lowest BCUT2D eigenvalue weighted by molar-refractivity contribution is -0.126. The number of carbonyl (C=O) groups is 2. The lowest BCUT2D eigenvalue weighted by atomic mass is 9.96. The van der Waals surface area contributed by atoms with Crippen molar-refractivity contribution >= 4 is 27.5 Å². The number of benzene rings is 1. The van der Waals surface area contributed by atoms with Crippen LogP contribution in [0, 0.1) is 11.8 Å². The molecule has 0 bridgehead atoms. The number of nitrogens with one attached hydrogen (secondary N) is 1. The molecule has 0 spiro atoms. The van der Waals surface area contributed by atoms with Gasteiger partial charge in [-0.15, -0.1) is 0 Å². The van der Waals surface area contributed by atoms with E-state index >= 15 is 0 Å². The Hall–Kier alpha value is -2.09. The molecular formula is C20H27N3O4S. The van der Waals surface area contributed by atoms with Gasteiger partial charge in [0.25, 0.3) is 5.91 Å². The van der Waals surface area contributed by atoms with E-state index in [0.29, 0.717) is 43.2 Å². The van der Waals surface area contributed by atoms with E-state index in [4.69, 9.17) is 0 Å². The van der Waals surface area contributed by atoms with Crippen molar-refractivity contribution in [3.8, 4) is 0 Å². The number of nitrogens with zero attached hydrogens (tertiary/aromatic N) is 2. The van der Waals surface area contributed by atoms with Crippen molar-refractivity contribution < 1.29 is 18.0 Å². The van der Waals surface area contributed by atoms with Gasteiger partial charge in [-0.2, -0.15) is 0 Å². The van der Waals surface area contributed by atoms with Crippen LogP contribution < -0.4 is 9.62 Å². The van der Waals surface area contributed by atoms with Crippen LogP contribution in [0.5, 0.6) is 0 Å². The number of rotatable bonds is 5. The molecule has 0 radical (unpaired) electrons. The molecule has 1 aromatic rings. The first-order chi connectivity index (χ1) is 13.4. The van der Waals surface area contributed by atoms with Crippen LogP contribution in [0.25, 0.3) is 0 Å². The average Bonchev–Trinajstić information content (AvgIpc) is 3.47. The van der Waals surface area contributed by atoms with Gasteiger partial charge in [-0.25, -0.2) is 8.42 Å². The van der Waals surface area contributed by atoms with E-state index in [1.54, 1.807) is 29.2 Å². The standard InChI is InChI=1S/C20H27N3O4S/c24-19(21-13-15-4-5-15)17-3-1-10-22(14-17)20(25)16-6-8-18(9-7-16)23-11-2-12-28(23,26)27/h6-9,15,17H,1-5,10-14H2,(H,21,24). The molecule has 2 heterocycles. The van der Waals surface area contributed by atoms with Crippen LogP contribution in [0.15, 0.2) is 24.3 Å². The summed E-state index contributed by atoms with van der Waals surface area (Å²) in [5, 5.41) is 3.02. The van der Waals surface area contributed by atoms with Crippen LogP contribution in [0.4, 0.5) is 5.69 Å². The molecule has 1 aliphatic carbocycles. The molecule has 1 unspecified atom stereocenters. The smallest absolute Gasteiger partial charge is 0.253 e. The summed E-state index contributed by atoms with van der Waals surface area (Å²) in [4.78, 5) is 27.0. The van der Waals surface area contributed by atoms with Crippen molar-refractivity contribution in [2.75, 3.05) is 36.2 Å². The SMILES string of the molecule is O=C(NCC1CC1)C1CCCN(C(=O)c2ccc(N3CCCS3(=O)=O)cc2)C1. The highest BCUT2D eigenvalue weighted by Gasteiger charge is 2.31. The summed E-state index contributed by atoms with van der Waals surface area (Å²) >= 11 is 0. The summed E-state index contributed by atoms with van der Waals surface area (Å²) in [6.07, 6.45) is 4.65. The van der Waals surface area contributed by atoms with Crippen LogP contribution >= 0.6 is 0 Å². The topological polar surface area (TPSA) is 86.8 Å². The maximum Gasteiger partial charge on any atom is 0.253 e. The van der Waals surface area contributed by atoms with Gasteiger partial charge in [-0.1, -0.05) is 0 Å². The second-order valence-corrected chi connectivity index (χ2v) is 10.1. The van der Waals surface area contributed by atoms with E-state index in [9.17, 15) is 18.0 Å². The predicted octanol–water partition coefficient (Wildman–Crippen LogP) is 1.60. The van der Waals surface area contributed by atoms with Crippen molar-refractivity contribution in [1.82, 2.24) is 10.2 Å². The fraction of sp³-hybridized carbons (Fsp3) is 0.600. The van der Waals surface area contributed by atoms with Crippen molar-refractivity contribution in [3.05, 3.63) is 29.8 Å². The van der Waals surface area contributed by atoms with E-state index in [0.717, 1.165) is 19.4 Å². The normalized spacial score (nSPS) is 24.2. The Labute approximate surface area is 166 Å². The van der Waals surface area contributed by atoms with Gasteiger partial charge in [0.2, 0.25) is 15.9 Å². The van der Waals surface area contributed by atoms with Gasteiger partial charge in [-0.3, -0.25) is 13.9 Å². The lowest BCUT2D eigenvalue weighted by Gasteiger charge is -2.32. The highest BCUT2D eigenvalue weighted by atomic mass is 32.2. The van der Waals surface area contributed by atoms with Crippen molar-refractivity contribution in [2.45, 2.75) is 32.1 Å². The van der Waals surface area contributed by atoms with Gasteiger partial charge < -0.3 is 10.2 Å². The molecule has 28 heavy (non-hydrogen) atoms. The number of anilines is 1. The summed E-state index contributed by atoms with van der Waals surface area (Å²) in [6, 6.07) is 6.75. The number of carbonyl (C=O) groups excluding carboxylic acids is 2. The Balaban J connectivity index is 1.38. The summed E-state index contributed by atoms with van der Waals surface area (Å²) in [5.74, 6) is 0.620. The van der Waals surface area contributed by atoms with Crippen LogP contribution in [0.1, 0.15) is 42.5 Å². The minimum atomic E-state index is -3.22. The number of sulfonamides is 1. The van der Waals surface area contributed by atoms with Gasteiger partial charge in [-0.05, 0) is 62.3 Å². The molecule has 1 atom stereocenters. The zero-order valence-corrected chi connectivity index (χ0v) is 16.8. The lowest BCUT2D eigenvalue weighted by Crippen LogP contribution is -2.45. The van der Waals surface area contributed by atoms with E-state index in [-0.39, 0.29) is 23.5 Å². The van der Waals surface area contributed by atoms with E-state index < -0.39 is 10.0 Å². The first-order valence-electron chi connectivity index (χ1n) is 10.1. The monoisotopic (exact) mass is 405 g/mol. The van der Waals surface area contributed by atoms with Crippen LogP contribution in [-0.4, -0.2) is 57.1 Å². The Bertz CT molecular complexity index is 849. The highest BCUT2D eigenvalue weighted by molar-refractivity contribution is 7.93. The molecule has 2 aliphatic heterocycles. The van der Waals surface area contributed by atoms with Gasteiger partial charge in [0.15, 0.2) is 0 Å². The molecule has 1 N–H and O–H groups in total. The zero-order chi connectivity index (χ0) is 19.7. The Kier molecular flexibility index (Phi) is 5.31. The quantitative estimate of drug-likeness (QED) is 0.806. The van der Waals surface area contributed by atoms with Crippen LogP contribution in [-0.2, 0) is 14.8 Å². The molecule has 152 valence electrons. The third kappa shape index (κ3) is 4.16. The molecule has 2 amide bonds. The summed E-state index contributed by atoms with van der Waals surface area (Å²) < 4.78 is 25.5. The summed E-state index contributed by atoms with van der Waals surface area (Å²) in [7, 11) is -3.22. The van der Waals surface area contributed by atoms with Gasteiger partial charge in [0, 0.05) is 31.7 Å². The molecular weight excluding hydrogens is 378 g/mol. The number of hydrogen-bond donors (Lipinski definition) is 1. The van der Waals surface area contributed by atoms with E-state index in [1.165, 1.54) is 17.1 Å². The molecule has 7 nitrogen and oxygen atoms in total. The summed E-state index contributed by atoms with van der Waals surface area (Å²) in [5.41, 5.74) is 1.13. The zero-order valence-electron chi connectivity index (χ0n) is 16.0. The Morgan fingerprint density at radius 1 is 1.04 bits per heavy atom.